The van der Waals surface area contributed by atoms with Gasteiger partial charge in [0.15, 0.2) is 0 Å². The number of carbonyl (C=O) groups excluding carboxylic acids is 1. The van der Waals surface area contributed by atoms with Crippen molar-refractivity contribution in [2.24, 2.45) is 0 Å². The van der Waals surface area contributed by atoms with Crippen LogP contribution in [0, 0.1) is 0 Å². The summed E-state index contributed by atoms with van der Waals surface area (Å²) in [6.45, 7) is 3.12. The molecule has 0 saturated carbocycles. The van der Waals surface area contributed by atoms with Gasteiger partial charge in [0.1, 0.15) is 0 Å². The van der Waals surface area contributed by atoms with Crippen molar-refractivity contribution in [2.75, 3.05) is 36.5 Å². The lowest BCUT2D eigenvalue weighted by Crippen LogP contribution is -2.36. The molecule has 4 rings (SSSR count). The standard InChI is InChI=1S/C22H23N3O2S/c26-21(10-11-22-24-19(16-28-22)17-6-2-1-3-7-17)23-18-8-4-5-9-20(18)25-12-14-27-15-13-25/h1-9,16H,10-15H2,(H,23,26). The third-order valence-corrected chi connectivity index (χ3v) is 5.63. The summed E-state index contributed by atoms with van der Waals surface area (Å²) in [7, 11) is 0. The molecule has 5 nitrogen and oxygen atoms in total. The average molecular weight is 394 g/mol. The van der Waals surface area contributed by atoms with E-state index in [-0.39, 0.29) is 5.91 Å². The van der Waals surface area contributed by atoms with Crippen molar-refractivity contribution >= 4 is 28.6 Å². The van der Waals surface area contributed by atoms with E-state index < -0.39 is 0 Å². The second kappa shape index (κ2) is 8.99. The maximum Gasteiger partial charge on any atom is 0.224 e. The maximum atomic E-state index is 12.5. The number of amides is 1. The van der Waals surface area contributed by atoms with Gasteiger partial charge in [-0.3, -0.25) is 4.79 Å². The molecule has 0 aliphatic carbocycles. The van der Waals surface area contributed by atoms with E-state index in [2.05, 4.69) is 20.6 Å². The Hall–Kier alpha value is -2.70. The van der Waals surface area contributed by atoms with Crippen molar-refractivity contribution in [3.05, 3.63) is 65.0 Å². The van der Waals surface area contributed by atoms with Crippen LogP contribution < -0.4 is 10.2 Å². The highest BCUT2D eigenvalue weighted by atomic mass is 32.1. The Morgan fingerprint density at radius 1 is 1.07 bits per heavy atom. The van der Waals surface area contributed by atoms with E-state index in [0.717, 1.165) is 53.9 Å². The summed E-state index contributed by atoms with van der Waals surface area (Å²) in [6, 6.07) is 18.1. The summed E-state index contributed by atoms with van der Waals surface area (Å²) >= 11 is 1.61. The molecule has 1 aliphatic rings. The fourth-order valence-corrected chi connectivity index (χ4v) is 4.07. The molecule has 1 N–H and O–H groups in total. The minimum Gasteiger partial charge on any atom is -0.378 e. The lowest BCUT2D eigenvalue weighted by Gasteiger charge is -2.30. The predicted octanol–water partition coefficient (Wildman–Crippen LogP) is 4.22. The van der Waals surface area contributed by atoms with Crippen LogP contribution in [0.4, 0.5) is 11.4 Å². The number of rotatable bonds is 6. The molecule has 0 unspecified atom stereocenters. The van der Waals surface area contributed by atoms with Crippen LogP contribution in [-0.2, 0) is 16.0 Å². The molecule has 1 saturated heterocycles. The molecule has 1 fully saturated rings. The van der Waals surface area contributed by atoms with Gasteiger partial charge >= 0.3 is 0 Å². The highest BCUT2D eigenvalue weighted by Gasteiger charge is 2.16. The number of hydrogen-bond donors (Lipinski definition) is 1. The quantitative estimate of drug-likeness (QED) is 0.681. The summed E-state index contributed by atoms with van der Waals surface area (Å²) in [4.78, 5) is 19.4. The zero-order valence-corrected chi connectivity index (χ0v) is 16.5. The average Bonchev–Trinajstić information content (AvgIpc) is 3.23. The third-order valence-electron chi connectivity index (χ3n) is 4.72. The number of thiazole rings is 1. The largest absolute Gasteiger partial charge is 0.378 e. The normalized spacial score (nSPS) is 14.1. The SMILES string of the molecule is O=C(CCc1nc(-c2ccccc2)cs1)Nc1ccccc1N1CCOCC1. The summed E-state index contributed by atoms with van der Waals surface area (Å²) in [6.07, 6.45) is 1.06. The second-order valence-corrected chi connectivity index (χ2v) is 7.60. The first kappa shape index (κ1) is 18.7. The van der Waals surface area contributed by atoms with Crippen molar-refractivity contribution in [2.45, 2.75) is 12.8 Å². The molecule has 0 spiro atoms. The van der Waals surface area contributed by atoms with Gasteiger partial charge in [0.2, 0.25) is 5.91 Å². The topological polar surface area (TPSA) is 54.5 Å². The number of morpholine rings is 1. The zero-order chi connectivity index (χ0) is 19.2. The summed E-state index contributed by atoms with van der Waals surface area (Å²) < 4.78 is 5.43. The third kappa shape index (κ3) is 4.58. The van der Waals surface area contributed by atoms with Gasteiger partial charge in [-0.25, -0.2) is 4.98 Å². The molecule has 1 aliphatic heterocycles. The molecule has 1 amide bonds. The van der Waals surface area contributed by atoms with E-state index in [1.54, 1.807) is 11.3 Å². The smallest absolute Gasteiger partial charge is 0.224 e. The van der Waals surface area contributed by atoms with E-state index >= 15 is 0 Å². The number of aryl methyl sites for hydroxylation is 1. The van der Waals surface area contributed by atoms with Crippen LogP contribution >= 0.6 is 11.3 Å². The van der Waals surface area contributed by atoms with Crippen molar-refractivity contribution in [1.29, 1.82) is 0 Å². The maximum absolute atomic E-state index is 12.5. The first-order valence-electron chi connectivity index (χ1n) is 9.51. The molecule has 0 bridgehead atoms. The lowest BCUT2D eigenvalue weighted by atomic mass is 10.2. The van der Waals surface area contributed by atoms with Crippen molar-refractivity contribution in [1.82, 2.24) is 4.98 Å². The van der Waals surface area contributed by atoms with Crippen LogP contribution in [0.5, 0.6) is 0 Å². The Morgan fingerprint density at radius 2 is 1.82 bits per heavy atom. The summed E-state index contributed by atoms with van der Waals surface area (Å²) in [5, 5.41) is 6.11. The number of nitrogens with zero attached hydrogens (tertiary/aromatic N) is 2. The predicted molar refractivity (Wildman–Crippen MR) is 114 cm³/mol. The van der Waals surface area contributed by atoms with Crippen molar-refractivity contribution in [3.63, 3.8) is 0 Å². The minimum atomic E-state index is 0.0113. The molecule has 2 heterocycles. The van der Waals surface area contributed by atoms with Gasteiger partial charge < -0.3 is 15.0 Å². The van der Waals surface area contributed by atoms with Gasteiger partial charge in [-0.15, -0.1) is 11.3 Å². The molecule has 3 aromatic rings. The molecule has 1 aromatic heterocycles. The van der Waals surface area contributed by atoms with Crippen molar-refractivity contribution < 1.29 is 9.53 Å². The Balaban J connectivity index is 1.36. The van der Waals surface area contributed by atoms with Gasteiger partial charge in [0.25, 0.3) is 0 Å². The highest BCUT2D eigenvalue weighted by Crippen LogP contribution is 2.27. The Morgan fingerprint density at radius 3 is 2.64 bits per heavy atom. The van der Waals surface area contributed by atoms with E-state index in [0.29, 0.717) is 12.8 Å². The number of carbonyl (C=O) groups is 1. The molecular formula is C22H23N3O2S. The van der Waals surface area contributed by atoms with E-state index in [4.69, 9.17) is 4.74 Å². The first-order chi connectivity index (χ1) is 13.8. The fraction of sp³-hybridized carbons (Fsp3) is 0.273. The van der Waals surface area contributed by atoms with Crippen LogP contribution in [0.1, 0.15) is 11.4 Å². The summed E-state index contributed by atoms with van der Waals surface area (Å²) in [5.74, 6) is 0.0113. The number of para-hydroxylation sites is 2. The Kier molecular flexibility index (Phi) is 5.99. The van der Waals surface area contributed by atoms with Crippen LogP contribution in [0.2, 0.25) is 0 Å². The van der Waals surface area contributed by atoms with Gasteiger partial charge in [0, 0.05) is 36.9 Å². The van der Waals surface area contributed by atoms with Gasteiger partial charge in [0.05, 0.1) is 35.3 Å². The number of nitrogens with one attached hydrogen (secondary N) is 1. The molecule has 0 radical (unpaired) electrons. The fourth-order valence-electron chi connectivity index (χ4n) is 3.26. The van der Waals surface area contributed by atoms with E-state index in [9.17, 15) is 4.79 Å². The van der Waals surface area contributed by atoms with Gasteiger partial charge in [-0.05, 0) is 12.1 Å². The van der Waals surface area contributed by atoms with Crippen LogP contribution in [0.25, 0.3) is 11.3 Å². The number of benzene rings is 2. The molecule has 144 valence electrons. The zero-order valence-electron chi connectivity index (χ0n) is 15.6. The first-order valence-corrected chi connectivity index (χ1v) is 10.4. The number of aromatic nitrogens is 1. The molecule has 0 atom stereocenters. The molecular weight excluding hydrogens is 370 g/mol. The Bertz CT molecular complexity index is 920. The lowest BCUT2D eigenvalue weighted by molar-refractivity contribution is -0.116. The van der Waals surface area contributed by atoms with Crippen LogP contribution in [-0.4, -0.2) is 37.2 Å². The van der Waals surface area contributed by atoms with Gasteiger partial charge in [-0.2, -0.15) is 0 Å². The highest BCUT2D eigenvalue weighted by molar-refractivity contribution is 7.09. The molecule has 28 heavy (non-hydrogen) atoms. The summed E-state index contributed by atoms with van der Waals surface area (Å²) in [5.41, 5.74) is 3.99. The second-order valence-electron chi connectivity index (χ2n) is 6.66. The minimum absolute atomic E-state index is 0.0113. The van der Waals surface area contributed by atoms with E-state index in [1.807, 2.05) is 54.6 Å². The Labute approximate surface area is 169 Å². The van der Waals surface area contributed by atoms with Crippen molar-refractivity contribution in [3.8, 4) is 11.3 Å². The van der Waals surface area contributed by atoms with E-state index in [1.165, 1.54) is 0 Å². The number of hydrogen-bond acceptors (Lipinski definition) is 5. The molecule has 2 aromatic carbocycles. The monoisotopic (exact) mass is 393 g/mol. The number of anilines is 2. The number of ether oxygens (including phenoxy) is 1. The van der Waals surface area contributed by atoms with Gasteiger partial charge in [-0.1, -0.05) is 42.5 Å². The van der Waals surface area contributed by atoms with Crippen LogP contribution in [0.3, 0.4) is 0 Å². The van der Waals surface area contributed by atoms with Crippen LogP contribution in [0.15, 0.2) is 60.0 Å². The molecule has 6 heteroatoms.